The van der Waals surface area contributed by atoms with Crippen molar-refractivity contribution in [3.63, 3.8) is 0 Å². The Labute approximate surface area is 155 Å². The molecule has 0 saturated carbocycles. The SMILES string of the molecule is COCCCCC1(O)CC2COCC(C1)N2C(=O)OCc1ccccc1. The van der Waals surface area contributed by atoms with Gasteiger partial charge in [0, 0.05) is 13.7 Å². The van der Waals surface area contributed by atoms with Crippen molar-refractivity contribution in [2.45, 2.75) is 56.4 Å². The van der Waals surface area contributed by atoms with E-state index in [0.29, 0.717) is 32.7 Å². The third kappa shape index (κ3) is 4.75. The summed E-state index contributed by atoms with van der Waals surface area (Å²) in [4.78, 5) is 14.4. The highest BCUT2D eigenvalue weighted by Crippen LogP contribution is 2.37. The summed E-state index contributed by atoms with van der Waals surface area (Å²) in [6, 6.07) is 9.41. The number of hydrogen-bond acceptors (Lipinski definition) is 5. The first-order valence-corrected chi connectivity index (χ1v) is 9.39. The fourth-order valence-corrected chi connectivity index (χ4v) is 4.07. The molecule has 2 heterocycles. The fraction of sp³-hybridized carbons (Fsp3) is 0.650. The number of morpholine rings is 1. The second kappa shape index (κ2) is 8.84. The van der Waals surface area contributed by atoms with E-state index in [4.69, 9.17) is 14.2 Å². The van der Waals surface area contributed by atoms with Crippen molar-refractivity contribution in [2.75, 3.05) is 26.9 Å². The fourth-order valence-electron chi connectivity index (χ4n) is 4.07. The van der Waals surface area contributed by atoms with E-state index in [9.17, 15) is 9.90 Å². The molecule has 1 aromatic carbocycles. The van der Waals surface area contributed by atoms with Crippen LogP contribution >= 0.6 is 0 Å². The van der Waals surface area contributed by atoms with Gasteiger partial charge in [0.2, 0.25) is 0 Å². The topological polar surface area (TPSA) is 68.2 Å². The molecule has 26 heavy (non-hydrogen) atoms. The molecule has 6 heteroatoms. The molecule has 0 radical (unpaired) electrons. The van der Waals surface area contributed by atoms with Gasteiger partial charge in [-0.2, -0.15) is 0 Å². The summed E-state index contributed by atoms with van der Waals surface area (Å²) in [7, 11) is 1.69. The van der Waals surface area contributed by atoms with Crippen molar-refractivity contribution in [1.82, 2.24) is 4.90 Å². The molecule has 2 saturated heterocycles. The smallest absolute Gasteiger partial charge is 0.410 e. The van der Waals surface area contributed by atoms with Crippen LogP contribution < -0.4 is 0 Å². The van der Waals surface area contributed by atoms with Crippen LogP contribution in [0.3, 0.4) is 0 Å². The van der Waals surface area contributed by atoms with Crippen LogP contribution in [0.15, 0.2) is 30.3 Å². The monoisotopic (exact) mass is 363 g/mol. The zero-order valence-electron chi connectivity index (χ0n) is 15.4. The quantitative estimate of drug-likeness (QED) is 0.755. The largest absolute Gasteiger partial charge is 0.445 e. The van der Waals surface area contributed by atoms with Crippen molar-refractivity contribution in [1.29, 1.82) is 0 Å². The number of ether oxygens (including phenoxy) is 3. The average molecular weight is 363 g/mol. The molecular weight excluding hydrogens is 334 g/mol. The number of fused-ring (bicyclic) bond motifs is 2. The molecule has 144 valence electrons. The number of carbonyl (C=O) groups is 1. The van der Waals surface area contributed by atoms with E-state index in [1.165, 1.54) is 0 Å². The Bertz CT molecular complexity index is 565. The van der Waals surface area contributed by atoms with E-state index in [1.807, 2.05) is 30.3 Å². The molecule has 2 aliphatic heterocycles. The lowest BCUT2D eigenvalue weighted by Crippen LogP contribution is -2.63. The van der Waals surface area contributed by atoms with Crippen molar-refractivity contribution in [3.05, 3.63) is 35.9 Å². The molecule has 2 atom stereocenters. The Morgan fingerprint density at radius 3 is 2.58 bits per heavy atom. The molecule has 0 aliphatic carbocycles. The third-order valence-corrected chi connectivity index (χ3v) is 5.29. The molecule has 1 aromatic rings. The van der Waals surface area contributed by atoms with Gasteiger partial charge in [0.05, 0.1) is 30.9 Å². The zero-order chi connectivity index (χ0) is 18.4. The molecule has 1 N–H and O–H groups in total. The summed E-state index contributed by atoms with van der Waals surface area (Å²) < 4.78 is 16.2. The maximum atomic E-state index is 12.6. The van der Waals surface area contributed by atoms with Gasteiger partial charge >= 0.3 is 6.09 Å². The highest BCUT2D eigenvalue weighted by atomic mass is 16.6. The van der Waals surface area contributed by atoms with Crippen molar-refractivity contribution >= 4 is 6.09 Å². The highest BCUT2D eigenvalue weighted by Gasteiger charge is 2.48. The molecule has 0 aromatic heterocycles. The summed E-state index contributed by atoms with van der Waals surface area (Å²) >= 11 is 0. The van der Waals surface area contributed by atoms with Gasteiger partial charge in [0.25, 0.3) is 0 Å². The minimum atomic E-state index is -0.733. The van der Waals surface area contributed by atoms with Gasteiger partial charge in [0.1, 0.15) is 6.61 Å². The molecule has 6 nitrogen and oxygen atoms in total. The van der Waals surface area contributed by atoms with E-state index >= 15 is 0 Å². The van der Waals surface area contributed by atoms with E-state index < -0.39 is 5.60 Å². The number of rotatable bonds is 7. The normalized spacial score (nSPS) is 28.0. The second-order valence-corrected chi connectivity index (χ2v) is 7.38. The van der Waals surface area contributed by atoms with Crippen LogP contribution in [0.25, 0.3) is 0 Å². The predicted molar refractivity (Wildman–Crippen MR) is 96.8 cm³/mol. The van der Waals surface area contributed by atoms with Gasteiger partial charge in [-0.25, -0.2) is 4.79 Å². The standard InChI is InChI=1S/C20H29NO5/c1-24-10-6-5-9-20(23)11-17-14-25-15-18(12-20)21(17)19(22)26-13-16-7-3-2-4-8-16/h2-4,7-8,17-18,23H,5-6,9-15H2,1H3. The minimum absolute atomic E-state index is 0.127. The Balaban J connectivity index is 1.57. The van der Waals surface area contributed by atoms with Gasteiger partial charge < -0.3 is 19.3 Å². The van der Waals surface area contributed by atoms with Crippen molar-refractivity contribution < 1.29 is 24.1 Å². The van der Waals surface area contributed by atoms with Gasteiger partial charge in [0.15, 0.2) is 0 Å². The maximum absolute atomic E-state index is 12.6. The Hall–Kier alpha value is -1.63. The summed E-state index contributed by atoms with van der Waals surface area (Å²) in [6.45, 7) is 1.89. The number of aliphatic hydroxyl groups is 1. The molecule has 3 rings (SSSR count). The number of methoxy groups -OCH3 is 1. The number of hydrogen-bond donors (Lipinski definition) is 1. The van der Waals surface area contributed by atoms with Gasteiger partial charge in [-0.15, -0.1) is 0 Å². The van der Waals surface area contributed by atoms with Gasteiger partial charge in [-0.3, -0.25) is 4.90 Å². The highest BCUT2D eigenvalue weighted by molar-refractivity contribution is 5.69. The molecule has 2 fully saturated rings. The van der Waals surface area contributed by atoms with Crippen LogP contribution in [-0.2, 0) is 20.8 Å². The number of carbonyl (C=O) groups excluding carboxylic acids is 1. The summed E-state index contributed by atoms with van der Waals surface area (Å²) in [5.74, 6) is 0. The Kier molecular flexibility index (Phi) is 6.51. The number of amides is 1. The first kappa shape index (κ1) is 19.1. The van der Waals surface area contributed by atoms with Crippen molar-refractivity contribution in [3.8, 4) is 0 Å². The lowest BCUT2D eigenvalue weighted by molar-refractivity contribution is -0.136. The van der Waals surface area contributed by atoms with Crippen LogP contribution in [0.5, 0.6) is 0 Å². The number of unbranched alkanes of at least 4 members (excludes halogenated alkanes) is 1. The van der Waals surface area contributed by atoms with Crippen LogP contribution in [0.2, 0.25) is 0 Å². The summed E-state index contributed by atoms with van der Waals surface area (Å²) in [6.07, 6.45) is 3.36. The predicted octanol–water partition coefficient (Wildman–Crippen LogP) is 2.73. The van der Waals surface area contributed by atoms with Crippen LogP contribution in [0, 0.1) is 0 Å². The molecule has 2 bridgehead atoms. The minimum Gasteiger partial charge on any atom is -0.445 e. The van der Waals surface area contributed by atoms with Crippen LogP contribution in [0.4, 0.5) is 4.79 Å². The first-order chi connectivity index (χ1) is 12.6. The summed E-state index contributed by atoms with van der Waals surface area (Å²) in [5, 5.41) is 11.0. The lowest BCUT2D eigenvalue weighted by atomic mass is 9.78. The molecular formula is C20H29NO5. The van der Waals surface area contributed by atoms with E-state index in [-0.39, 0.29) is 24.8 Å². The maximum Gasteiger partial charge on any atom is 0.410 e. The number of nitrogens with zero attached hydrogens (tertiary/aromatic N) is 1. The number of piperidine rings is 1. The Morgan fingerprint density at radius 1 is 1.23 bits per heavy atom. The molecule has 2 unspecified atom stereocenters. The van der Waals surface area contributed by atoms with Crippen LogP contribution in [-0.4, -0.2) is 60.7 Å². The van der Waals surface area contributed by atoms with Gasteiger partial charge in [-0.05, 0) is 37.7 Å². The van der Waals surface area contributed by atoms with E-state index in [0.717, 1.165) is 24.8 Å². The molecule has 0 spiro atoms. The third-order valence-electron chi connectivity index (χ3n) is 5.29. The number of benzene rings is 1. The Morgan fingerprint density at radius 2 is 1.92 bits per heavy atom. The molecule has 2 aliphatic rings. The van der Waals surface area contributed by atoms with Crippen molar-refractivity contribution in [2.24, 2.45) is 0 Å². The van der Waals surface area contributed by atoms with E-state index in [2.05, 4.69) is 0 Å². The average Bonchev–Trinajstić information content (AvgIpc) is 2.63. The summed E-state index contributed by atoms with van der Waals surface area (Å²) in [5.41, 5.74) is 0.234. The first-order valence-electron chi connectivity index (χ1n) is 9.39. The van der Waals surface area contributed by atoms with E-state index in [1.54, 1.807) is 12.0 Å². The lowest BCUT2D eigenvalue weighted by Gasteiger charge is -2.51. The zero-order valence-corrected chi connectivity index (χ0v) is 15.4. The van der Waals surface area contributed by atoms with Gasteiger partial charge in [-0.1, -0.05) is 30.3 Å². The molecule has 1 amide bonds. The second-order valence-electron chi connectivity index (χ2n) is 7.38. The van der Waals surface area contributed by atoms with Crippen LogP contribution in [0.1, 0.15) is 37.7 Å².